The number of benzene rings is 2. The van der Waals surface area contributed by atoms with Crippen molar-refractivity contribution in [2.24, 2.45) is 0 Å². The SMILES string of the molecule is CCOc1ccc(/C=C(\NC(=O)c2ccccc2)C(=O)N2CCN(C)CC2)cc1. The highest BCUT2D eigenvalue weighted by atomic mass is 16.5. The Bertz CT molecular complexity index is 855. The van der Waals surface area contributed by atoms with Gasteiger partial charge < -0.3 is 19.9 Å². The van der Waals surface area contributed by atoms with Gasteiger partial charge in [-0.3, -0.25) is 9.59 Å². The first-order valence-corrected chi connectivity index (χ1v) is 9.85. The number of carbonyl (C=O) groups is 2. The number of likely N-dealkylation sites (N-methyl/N-ethyl adjacent to an activating group) is 1. The van der Waals surface area contributed by atoms with Gasteiger partial charge in [0.1, 0.15) is 11.4 Å². The normalized spacial score (nSPS) is 15.1. The van der Waals surface area contributed by atoms with Crippen LogP contribution in [0.4, 0.5) is 0 Å². The predicted octanol–water partition coefficient (Wildman–Crippen LogP) is 2.63. The third kappa shape index (κ3) is 5.68. The van der Waals surface area contributed by atoms with Crippen molar-refractivity contribution in [2.75, 3.05) is 39.8 Å². The summed E-state index contributed by atoms with van der Waals surface area (Å²) >= 11 is 0. The molecule has 29 heavy (non-hydrogen) atoms. The second kappa shape index (κ2) is 9.89. The zero-order chi connectivity index (χ0) is 20.6. The molecular formula is C23H27N3O3. The first-order chi connectivity index (χ1) is 14.1. The molecule has 1 saturated heterocycles. The van der Waals surface area contributed by atoms with Crippen molar-refractivity contribution in [1.82, 2.24) is 15.1 Å². The lowest BCUT2D eigenvalue weighted by molar-refractivity contribution is -0.128. The molecule has 1 aliphatic heterocycles. The molecule has 3 rings (SSSR count). The van der Waals surface area contributed by atoms with E-state index in [4.69, 9.17) is 4.74 Å². The van der Waals surface area contributed by atoms with Crippen LogP contribution in [-0.4, -0.2) is 61.4 Å². The van der Waals surface area contributed by atoms with Crippen LogP contribution in [0, 0.1) is 0 Å². The van der Waals surface area contributed by atoms with Crippen LogP contribution in [0.1, 0.15) is 22.8 Å². The van der Waals surface area contributed by atoms with Crippen LogP contribution < -0.4 is 10.1 Å². The van der Waals surface area contributed by atoms with Gasteiger partial charge in [0.25, 0.3) is 11.8 Å². The molecule has 6 nitrogen and oxygen atoms in total. The maximum absolute atomic E-state index is 13.1. The van der Waals surface area contributed by atoms with E-state index in [0.29, 0.717) is 25.3 Å². The molecule has 1 aliphatic rings. The average molecular weight is 393 g/mol. The summed E-state index contributed by atoms with van der Waals surface area (Å²) in [6, 6.07) is 16.4. The van der Waals surface area contributed by atoms with E-state index in [-0.39, 0.29) is 17.5 Å². The minimum absolute atomic E-state index is 0.170. The number of piperazine rings is 1. The Labute approximate surface area is 171 Å². The third-order valence-electron chi connectivity index (χ3n) is 4.81. The van der Waals surface area contributed by atoms with Gasteiger partial charge in [0.15, 0.2) is 0 Å². The Morgan fingerprint density at radius 3 is 2.28 bits per heavy atom. The smallest absolute Gasteiger partial charge is 0.270 e. The lowest BCUT2D eigenvalue weighted by Gasteiger charge is -2.33. The fraction of sp³-hybridized carbons (Fsp3) is 0.304. The maximum atomic E-state index is 13.1. The molecule has 2 amide bonds. The number of rotatable bonds is 6. The van der Waals surface area contributed by atoms with Crippen molar-refractivity contribution < 1.29 is 14.3 Å². The van der Waals surface area contributed by atoms with Gasteiger partial charge >= 0.3 is 0 Å². The molecule has 0 bridgehead atoms. The van der Waals surface area contributed by atoms with Crippen molar-refractivity contribution in [2.45, 2.75) is 6.92 Å². The number of hydrogen-bond donors (Lipinski definition) is 1. The van der Waals surface area contributed by atoms with E-state index < -0.39 is 0 Å². The van der Waals surface area contributed by atoms with Gasteiger partial charge in [-0.15, -0.1) is 0 Å². The van der Waals surface area contributed by atoms with Crippen molar-refractivity contribution in [3.63, 3.8) is 0 Å². The van der Waals surface area contributed by atoms with Crippen molar-refractivity contribution in [3.8, 4) is 5.75 Å². The third-order valence-corrected chi connectivity index (χ3v) is 4.81. The lowest BCUT2D eigenvalue weighted by atomic mass is 10.1. The van der Waals surface area contributed by atoms with Gasteiger partial charge in [-0.05, 0) is 49.9 Å². The fourth-order valence-corrected chi connectivity index (χ4v) is 3.11. The van der Waals surface area contributed by atoms with Crippen LogP contribution >= 0.6 is 0 Å². The summed E-state index contributed by atoms with van der Waals surface area (Å²) in [4.78, 5) is 29.8. The summed E-state index contributed by atoms with van der Waals surface area (Å²) in [5.74, 6) is 0.298. The summed E-state index contributed by atoms with van der Waals surface area (Å²) in [6.45, 7) is 5.42. The van der Waals surface area contributed by atoms with Crippen LogP contribution in [0.5, 0.6) is 5.75 Å². The van der Waals surface area contributed by atoms with Crippen LogP contribution in [0.15, 0.2) is 60.3 Å². The summed E-state index contributed by atoms with van der Waals surface area (Å²) in [5, 5.41) is 2.82. The van der Waals surface area contributed by atoms with Crippen LogP contribution in [0.3, 0.4) is 0 Å². The second-order valence-electron chi connectivity index (χ2n) is 6.98. The Kier molecular flexibility index (Phi) is 7.03. The van der Waals surface area contributed by atoms with Gasteiger partial charge in [-0.1, -0.05) is 30.3 Å². The summed E-state index contributed by atoms with van der Waals surface area (Å²) in [6.07, 6.45) is 1.72. The largest absolute Gasteiger partial charge is 0.494 e. The number of ether oxygens (including phenoxy) is 1. The lowest BCUT2D eigenvalue weighted by Crippen LogP contribution is -2.49. The van der Waals surface area contributed by atoms with Gasteiger partial charge in [-0.2, -0.15) is 0 Å². The summed E-state index contributed by atoms with van der Waals surface area (Å²) in [7, 11) is 2.04. The van der Waals surface area contributed by atoms with Crippen LogP contribution in [0.2, 0.25) is 0 Å². The second-order valence-corrected chi connectivity index (χ2v) is 6.98. The topological polar surface area (TPSA) is 61.9 Å². The molecule has 0 spiro atoms. The van der Waals surface area contributed by atoms with Crippen molar-refractivity contribution >= 4 is 17.9 Å². The van der Waals surface area contributed by atoms with E-state index >= 15 is 0 Å². The molecule has 0 atom stereocenters. The molecule has 6 heteroatoms. The average Bonchev–Trinajstić information content (AvgIpc) is 2.75. The maximum Gasteiger partial charge on any atom is 0.270 e. The molecule has 2 aromatic rings. The first-order valence-electron chi connectivity index (χ1n) is 9.85. The summed E-state index contributed by atoms with van der Waals surface area (Å²) < 4.78 is 5.47. The summed E-state index contributed by atoms with van der Waals surface area (Å²) in [5.41, 5.74) is 1.60. The molecule has 1 N–H and O–H groups in total. The molecule has 2 aromatic carbocycles. The number of carbonyl (C=O) groups excluding carboxylic acids is 2. The molecule has 152 valence electrons. The van der Waals surface area contributed by atoms with Crippen LogP contribution in [0.25, 0.3) is 6.08 Å². The Hall–Kier alpha value is -3.12. The van der Waals surface area contributed by atoms with E-state index in [1.165, 1.54) is 0 Å². The number of nitrogens with zero attached hydrogens (tertiary/aromatic N) is 2. The Morgan fingerprint density at radius 1 is 1.00 bits per heavy atom. The highest BCUT2D eigenvalue weighted by Crippen LogP contribution is 2.16. The molecule has 0 aromatic heterocycles. The molecule has 1 fully saturated rings. The highest BCUT2D eigenvalue weighted by molar-refractivity contribution is 6.05. The van der Waals surface area contributed by atoms with Gasteiger partial charge in [0.05, 0.1) is 6.61 Å². The van der Waals surface area contributed by atoms with E-state index in [2.05, 4.69) is 10.2 Å². The van der Waals surface area contributed by atoms with E-state index in [9.17, 15) is 9.59 Å². The first kappa shape index (κ1) is 20.6. The monoisotopic (exact) mass is 393 g/mol. The quantitative estimate of drug-likeness (QED) is 0.767. The number of hydrogen-bond acceptors (Lipinski definition) is 4. The fourth-order valence-electron chi connectivity index (χ4n) is 3.11. The molecule has 0 saturated carbocycles. The molecule has 0 radical (unpaired) electrons. The molecule has 0 unspecified atom stereocenters. The number of nitrogens with one attached hydrogen (secondary N) is 1. The number of amides is 2. The van der Waals surface area contributed by atoms with Crippen molar-refractivity contribution in [3.05, 3.63) is 71.4 Å². The zero-order valence-corrected chi connectivity index (χ0v) is 16.9. The van der Waals surface area contributed by atoms with Gasteiger partial charge in [0, 0.05) is 31.7 Å². The van der Waals surface area contributed by atoms with E-state index in [1.807, 2.05) is 44.3 Å². The minimum Gasteiger partial charge on any atom is -0.494 e. The molecular weight excluding hydrogens is 366 g/mol. The van der Waals surface area contributed by atoms with E-state index in [0.717, 1.165) is 24.4 Å². The predicted molar refractivity (Wildman–Crippen MR) is 114 cm³/mol. The Morgan fingerprint density at radius 2 is 1.66 bits per heavy atom. The van der Waals surface area contributed by atoms with Crippen molar-refractivity contribution in [1.29, 1.82) is 0 Å². The molecule has 1 heterocycles. The van der Waals surface area contributed by atoms with Gasteiger partial charge in [0.2, 0.25) is 0 Å². The standard InChI is InChI=1S/C23H27N3O3/c1-3-29-20-11-9-18(10-12-20)17-21(23(28)26-15-13-25(2)14-16-26)24-22(27)19-7-5-4-6-8-19/h4-12,17H,3,13-16H2,1-2H3,(H,24,27)/b21-17-. The molecule has 0 aliphatic carbocycles. The zero-order valence-electron chi connectivity index (χ0n) is 16.9. The Balaban J connectivity index is 1.83. The van der Waals surface area contributed by atoms with Gasteiger partial charge in [-0.25, -0.2) is 0 Å². The highest BCUT2D eigenvalue weighted by Gasteiger charge is 2.23. The van der Waals surface area contributed by atoms with E-state index in [1.54, 1.807) is 35.2 Å². The minimum atomic E-state index is -0.301. The van der Waals surface area contributed by atoms with Crippen LogP contribution in [-0.2, 0) is 4.79 Å².